The molecular weight excluding hydrogens is 335 g/mol. The number of hydrogen-bond donors (Lipinski definition) is 0. The van der Waals surface area contributed by atoms with E-state index in [1.807, 2.05) is 24.3 Å². The van der Waals surface area contributed by atoms with Crippen LogP contribution in [0.15, 0.2) is 66.7 Å². The monoisotopic (exact) mass is 352 g/mol. The van der Waals surface area contributed by atoms with Gasteiger partial charge in [-0.1, -0.05) is 0 Å². The third-order valence-corrected chi connectivity index (χ3v) is 5.04. The second kappa shape index (κ2) is 7.18. The van der Waals surface area contributed by atoms with Gasteiger partial charge in [0.2, 0.25) is 0 Å². The first-order valence-electron chi connectivity index (χ1n) is 7.15. The van der Waals surface area contributed by atoms with Crippen LogP contribution in [0.1, 0.15) is 5.56 Å². The molecule has 0 bridgehead atoms. The average Bonchev–Trinajstić information content (AvgIpc) is 2.56. The number of fused-ring (bicyclic) bond motifs is 1. The van der Waals surface area contributed by atoms with Crippen molar-refractivity contribution in [2.75, 3.05) is 6.61 Å². The summed E-state index contributed by atoms with van der Waals surface area (Å²) in [6.45, 7) is 2.51. The van der Waals surface area contributed by atoms with Crippen LogP contribution in [0.5, 0.6) is 5.75 Å². The van der Waals surface area contributed by atoms with Gasteiger partial charge < -0.3 is 0 Å². The van der Waals surface area contributed by atoms with Crippen LogP contribution in [0.25, 0.3) is 10.8 Å². The summed E-state index contributed by atoms with van der Waals surface area (Å²) >= 11 is 0.150. The normalized spacial score (nSPS) is 10.0. The molecule has 0 aliphatic rings. The Balaban J connectivity index is 1.61. The molecule has 108 valence electrons. The van der Waals surface area contributed by atoms with Crippen molar-refractivity contribution in [3.8, 4) is 16.5 Å². The number of ether oxygens (including phenoxy) is 1. The molecule has 22 heavy (non-hydrogen) atoms. The van der Waals surface area contributed by atoms with Gasteiger partial charge >= 0.3 is 137 Å². The molecule has 3 aromatic carbocycles. The van der Waals surface area contributed by atoms with Crippen LogP contribution in [0, 0.1) is 17.7 Å². The van der Waals surface area contributed by atoms with Crippen molar-refractivity contribution in [2.24, 2.45) is 0 Å². The van der Waals surface area contributed by atoms with Gasteiger partial charge in [-0.3, -0.25) is 0 Å². The van der Waals surface area contributed by atoms with Crippen LogP contribution in [0.2, 0.25) is 0 Å². The fraction of sp³-hybridized carbons (Fsp3) is 0.100. The molecule has 3 aromatic rings. The van der Waals surface area contributed by atoms with E-state index < -0.39 is 0 Å². The van der Waals surface area contributed by atoms with E-state index in [0.29, 0.717) is 6.61 Å². The Hall–Kier alpha value is -2.20. The van der Waals surface area contributed by atoms with Crippen LogP contribution in [0.3, 0.4) is 0 Å². The molecule has 3 rings (SSSR count). The Morgan fingerprint density at radius 3 is 2.55 bits per heavy atom. The first-order valence-corrected chi connectivity index (χ1v) is 8.86. The van der Waals surface area contributed by atoms with Crippen LogP contribution in [-0.2, 0) is 0 Å². The van der Waals surface area contributed by atoms with Crippen molar-refractivity contribution in [3.63, 3.8) is 0 Å². The molecule has 0 aliphatic heterocycles. The van der Waals surface area contributed by atoms with E-state index in [2.05, 4.69) is 60.1 Å². The van der Waals surface area contributed by atoms with Crippen LogP contribution in [-0.4, -0.2) is 21.6 Å². The molecule has 0 unspecified atom stereocenters. The average molecular weight is 351 g/mol. The first-order chi connectivity index (χ1) is 10.8. The van der Waals surface area contributed by atoms with Crippen molar-refractivity contribution in [1.29, 1.82) is 0 Å². The van der Waals surface area contributed by atoms with E-state index in [-0.39, 0.29) is 15.0 Å². The minimum atomic E-state index is 0.150. The quantitative estimate of drug-likeness (QED) is 0.518. The number of aryl methyl sites for hydroxylation is 1. The zero-order chi connectivity index (χ0) is 15.2. The third kappa shape index (κ3) is 3.71. The first kappa shape index (κ1) is 14.7. The zero-order valence-electron chi connectivity index (χ0n) is 12.4. The van der Waals surface area contributed by atoms with E-state index in [1.165, 1.54) is 20.8 Å². The predicted octanol–water partition coefficient (Wildman–Crippen LogP) is 3.52. The number of benzene rings is 3. The van der Waals surface area contributed by atoms with Gasteiger partial charge in [-0.2, -0.15) is 0 Å². The van der Waals surface area contributed by atoms with Crippen molar-refractivity contribution in [2.45, 2.75) is 6.92 Å². The molecule has 0 heterocycles. The molecule has 0 radical (unpaired) electrons. The van der Waals surface area contributed by atoms with Gasteiger partial charge in [0, 0.05) is 0 Å². The van der Waals surface area contributed by atoms with Gasteiger partial charge in [-0.25, -0.2) is 0 Å². The molecule has 0 aromatic heterocycles. The van der Waals surface area contributed by atoms with Crippen molar-refractivity contribution in [1.82, 2.24) is 0 Å². The fourth-order valence-electron chi connectivity index (χ4n) is 2.16. The van der Waals surface area contributed by atoms with E-state index in [1.54, 1.807) is 0 Å². The Labute approximate surface area is 137 Å². The maximum absolute atomic E-state index is 5.62. The van der Waals surface area contributed by atoms with Crippen LogP contribution >= 0.6 is 0 Å². The Bertz CT molecular complexity index is 820. The molecule has 0 saturated heterocycles. The second-order valence-electron chi connectivity index (χ2n) is 4.96. The molecule has 2 heteroatoms. The summed E-state index contributed by atoms with van der Waals surface area (Å²) in [5.41, 5.74) is 1.23. The maximum atomic E-state index is 5.62. The summed E-state index contributed by atoms with van der Waals surface area (Å²) in [4.78, 5) is 3.26. The van der Waals surface area contributed by atoms with Gasteiger partial charge in [-0.05, 0) is 0 Å². The molecule has 0 saturated carbocycles. The van der Waals surface area contributed by atoms with Crippen LogP contribution in [0.4, 0.5) is 0 Å². The molecule has 1 nitrogen and oxygen atoms in total. The van der Waals surface area contributed by atoms with E-state index in [4.69, 9.17) is 4.74 Å². The van der Waals surface area contributed by atoms with Crippen molar-refractivity contribution in [3.05, 3.63) is 72.3 Å². The van der Waals surface area contributed by atoms with Gasteiger partial charge in [0.25, 0.3) is 0 Å². The third-order valence-electron chi connectivity index (χ3n) is 3.31. The van der Waals surface area contributed by atoms with E-state index >= 15 is 0 Å². The Morgan fingerprint density at radius 2 is 1.68 bits per heavy atom. The fourth-order valence-corrected chi connectivity index (χ4v) is 3.59. The Kier molecular flexibility index (Phi) is 4.81. The summed E-state index contributed by atoms with van der Waals surface area (Å²) in [5, 5.41) is 2.58. The summed E-state index contributed by atoms with van der Waals surface area (Å²) in [6.07, 6.45) is 0. The molecule has 0 spiro atoms. The summed E-state index contributed by atoms with van der Waals surface area (Å²) in [6, 6.07) is 22.9. The summed E-state index contributed by atoms with van der Waals surface area (Å²) in [5.74, 6) is 3.99. The molecule has 0 atom stereocenters. The van der Waals surface area contributed by atoms with Gasteiger partial charge in [0.1, 0.15) is 0 Å². The second-order valence-corrected chi connectivity index (χ2v) is 6.74. The summed E-state index contributed by atoms with van der Waals surface area (Å²) in [7, 11) is 0. The summed E-state index contributed by atoms with van der Waals surface area (Å²) < 4.78 is 6.95. The topological polar surface area (TPSA) is 9.23 Å². The molecule has 0 amide bonds. The zero-order valence-corrected chi connectivity index (χ0v) is 14.1. The van der Waals surface area contributed by atoms with E-state index in [9.17, 15) is 0 Å². The van der Waals surface area contributed by atoms with Gasteiger partial charge in [0.05, 0.1) is 0 Å². The van der Waals surface area contributed by atoms with Crippen molar-refractivity contribution >= 4 is 30.2 Å². The predicted molar refractivity (Wildman–Crippen MR) is 93.8 cm³/mol. The molecular formula is C20H16OSe. The number of hydrogen-bond acceptors (Lipinski definition) is 1. The van der Waals surface area contributed by atoms with Crippen LogP contribution < -0.4 is 9.20 Å². The van der Waals surface area contributed by atoms with E-state index in [0.717, 1.165) is 5.75 Å². The minimum absolute atomic E-state index is 0.150. The SMILES string of the molecule is Cc1ccc(OCC#C[Se]c2cccc3ccccc23)cc1. The van der Waals surface area contributed by atoms with Gasteiger partial charge in [0.15, 0.2) is 0 Å². The number of rotatable bonds is 3. The molecule has 0 aliphatic carbocycles. The standard InChI is InChI=1S/C20H16OSe/c1-16-10-12-18(13-11-16)21-14-5-15-22-20-9-4-7-17-6-2-3-8-19(17)20/h2-4,6-13H,14H2,1H3. The Morgan fingerprint density at radius 1 is 0.909 bits per heavy atom. The molecule has 0 fully saturated rings. The van der Waals surface area contributed by atoms with Gasteiger partial charge in [-0.15, -0.1) is 0 Å². The van der Waals surface area contributed by atoms with Crippen molar-refractivity contribution < 1.29 is 4.74 Å². The molecule has 0 N–H and O–H groups in total.